The van der Waals surface area contributed by atoms with Gasteiger partial charge in [0, 0.05) is 25.9 Å². The molecule has 0 bridgehead atoms. The van der Waals surface area contributed by atoms with E-state index >= 15 is 0 Å². The minimum atomic E-state index is -0.119. The molecule has 3 aromatic rings. The summed E-state index contributed by atoms with van der Waals surface area (Å²) in [5.74, 6) is 0.621. The lowest BCUT2D eigenvalue weighted by molar-refractivity contribution is 0.0390. The van der Waals surface area contributed by atoms with E-state index in [1.807, 2.05) is 18.2 Å². The van der Waals surface area contributed by atoms with Crippen LogP contribution in [0.2, 0.25) is 0 Å². The van der Waals surface area contributed by atoms with Crippen molar-refractivity contribution in [3.8, 4) is 11.4 Å². The lowest BCUT2D eigenvalue weighted by Gasteiger charge is -2.34. The Labute approximate surface area is 150 Å². The quantitative estimate of drug-likeness (QED) is 0.718. The lowest BCUT2D eigenvalue weighted by Crippen LogP contribution is -2.41. The second-order valence-electron chi connectivity index (χ2n) is 6.15. The van der Waals surface area contributed by atoms with E-state index in [0.29, 0.717) is 37.0 Å². The van der Waals surface area contributed by atoms with Crippen LogP contribution in [0.1, 0.15) is 11.7 Å². The summed E-state index contributed by atoms with van der Waals surface area (Å²) in [6, 6.07) is 13.3. The molecule has 1 aliphatic heterocycles. The second kappa shape index (κ2) is 7.05. The maximum Gasteiger partial charge on any atom is 0.255 e. The minimum absolute atomic E-state index is 0.0513. The Hall–Kier alpha value is -3.06. The summed E-state index contributed by atoms with van der Waals surface area (Å²) in [6.45, 7) is 1.89. The zero-order valence-electron chi connectivity index (χ0n) is 14.4. The van der Waals surface area contributed by atoms with Crippen LogP contribution in [0.15, 0.2) is 59.8 Å². The van der Waals surface area contributed by atoms with Crippen molar-refractivity contribution in [1.82, 2.24) is 19.5 Å². The van der Waals surface area contributed by atoms with E-state index in [2.05, 4.69) is 27.0 Å². The predicted octanol–water partition coefficient (Wildman–Crippen LogP) is 1.82. The van der Waals surface area contributed by atoms with Gasteiger partial charge in [0.15, 0.2) is 0 Å². The molecule has 1 aliphatic rings. The third kappa shape index (κ3) is 3.21. The molecule has 0 aliphatic carbocycles. The highest BCUT2D eigenvalue weighted by Gasteiger charge is 2.25. The van der Waals surface area contributed by atoms with Crippen LogP contribution >= 0.6 is 0 Å². The summed E-state index contributed by atoms with van der Waals surface area (Å²) in [7, 11) is 1.74. The predicted molar refractivity (Wildman–Crippen MR) is 97.9 cm³/mol. The Bertz CT molecular complexity index is 943. The van der Waals surface area contributed by atoms with Crippen molar-refractivity contribution in [3.05, 3.63) is 70.9 Å². The zero-order chi connectivity index (χ0) is 17.9. The first-order valence-corrected chi connectivity index (χ1v) is 8.48. The highest BCUT2D eigenvalue weighted by molar-refractivity contribution is 5.55. The van der Waals surface area contributed by atoms with E-state index < -0.39 is 0 Å². The number of benzene rings is 1. The fourth-order valence-corrected chi connectivity index (χ4v) is 3.08. The normalized spacial score (nSPS) is 17.3. The van der Waals surface area contributed by atoms with Gasteiger partial charge in [-0.05, 0) is 11.6 Å². The van der Waals surface area contributed by atoms with Gasteiger partial charge in [-0.3, -0.25) is 9.36 Å². The molecule has 1 fully saturated rings. The Morgan fingerprint density at radius 3 is 2.77 bits per heavy atom. The van der Waals surface area contributed by atoms with Gasteiger partial charge < -0.3 is 9.64 Å². The van der Waals surface area contributed by atoms with Gasteiger partial charge in [0.2, 0.25) is 5.95 Å². The van der Waals surface area contributed by atoms with Crippen LogP contribution in [-0.2, 0) is 11.8 Å². The molecule has 1 atom stereocenters. The Kier molecular flexibility index (Phi) is 4.45. The Morgan fingerprint density at radius 2 is 2.00 bits per heavy atom. The first-order chi connectivity index (χ1) is 12.7. The highest BCUT2D eigenvalue weighted by atomic mass is 16.5. The largest absolute Gasteiger partial charge is 0.370 e. The number of rotatable bonds is 3. The molecule has 7 heteroatoms. The van der Waals surface area contributed by atoms with Crippen LogP contribution in [0, 0.1) is 0 Å². The van der Waals surface area contributed by atoms with Crippen LogP contribution in [0.3, 0.4) is 0 Å². The maximum absolute atomic E-state index is 12.4. The third-order valence-corrected chi connectivity index (χ3v) is 4.48. The van der Waals surface area contributed by atoms with Crippen LogP contribution in [0.5, 0.6) is 0 Å². The molecule has 26 heavy (non-hydrogen) atoms. The van der Waals surface area contributed by atoms with Crippen LogP contribution < -0.4 is 10.5 Å². The fourth-order valence-electron chi connectivity index (χ4n) is 3.08. The van der Waals surface area contributed by atoms with Crippen molar-refractivity contribution >= 4 is 5.95 Å². The van der Waals surface area contributed by atoms with E-state index in [1.165, 1.54) is 12.4 Å². The first-order valence-electron chi connectivity index (χ1n) is 8.48. The summed E-state index contributed by atoms with van der Waals surface area (Å²) in [5, 5.41) is 0. The number of aromatic nitrogens is 4. The summed E-state index contributed by atoms with van der Waals surface area (Å²) in [6.07, 6.45) is 3.04. The van der Waals surface area contributed by atoms with Gasteiger partial charge in [0.1, 0.15) is 12.4 Å². The smallest absolute Gasteiger partial charge is 0.255 e. The van der Waals surface area contributed by atoms with Gasteiger partial charge in [-0.15, -0.1) is 0 Å². The summed E-state index contributed by atoms with van der Waals surface area (Å²) in [4.78, 5) is 27.4. The standard InChI is InChI=1S/C19H19N5O2/c1-23-18(25)11-16(15-7-8-20-13-21-15)22-19(23)24-9-10-26-17(12-24)14-5-3-2-4-6-14/h2-8,11,13,17H,9-10,12H2,1H3/t17-/m0/s1. The van der Waals surface area contributed by atoms with Crippen molar-refractivity contribution in [2.45, 2.75) is 6.10 Å². The highest BCUT2D eigenvalue weighted by Crippen LogP contribution is 2.25. The second-order valence-corrected chi connectivity index (χ2v) is 6.15. The van der Waals surface area contributed by atoms with E-state index in [1.54, 1.807) is 23.9 Å². The van der Waals surface area contributed by atoms with Gasteiger partial charge >= 0.3 is 0 Å². The number of morpholine rings is 1. The van der Waals surface area contributed by atoms with Crippen molar-refractivity contribution in [2.24, 2.45) is 7.05 Å². The molecule has 1 saturated heterocycles. The number of nitrogens with zero attached hydrogens (tertiary/aromatic N) is 5. The zero-order valence-corrected chi connectivity index (χ0v) is 14.4. The molecule has 132 valence electrons. The van der Waals surface area contributed by atoms with Crippen molar-refractivity contribution in [3.63, 3.8) is 0 Å². The first kappa shape index (κ1) is 16.4. The SMILES string of the molecule is Cn1c(N2CCO[C@H](c3ccccc3)C2)nc(-c2ccncn2)cc1=O. The van der Waals surface area contributed by atoms with Crippen LogP contribution in [0.4, 0.5) is 5.95 Å². The third-order valence-electron chi connectivity index (χ3n) is 4.48. The molecular weight excluding hydrogens is 330 g/mol. The van der Waals surface area contributed by atoms with E-state index in [0.717, 1.165) is 5.56 Å². The number of ether oxygens (including phenoxy) is 1. The molecular formula is C19H19N5O2. The molecule has 0 saturated carbocycles. The Morgan fingerprint density at radius 1 is 1.15 bits per heavy atom. The number of anilines is 1. The monoisotopic (exact) mass is 349 g/mol. The van der Waals surface area contributed by atoms with Gasteiger partial charge in [-0.2, -0.15) is 0 Å². The Balaban J connectivity index is 1.68. The minimum Gasteiger partial charge on any atom is -0.370 e. The molecule has 2 aromatic heterocycles. The molecule has 1 aromatic carbocycles. The summed E-state index contributed by atoms with van der Waals surface area (Å²) < 4.78 is 7.49. The molecule has 0 unspecified atom stereocenters. The molecule has 0 amide bonds. The van der Waals surface area contributed by atoms with E-state index in [-0.39, 0.29) is 11.7 Å². The fraction of sp³-hybridized carbons (Fsp3) is 0.263. The molecule has 4 rings (SSSR count). The summed E-state index contributed by atoms with van der Waals surface area (Å²) >= 11 is 0. The van der Waals surface area contributed by atoms with Gasteiger partial charge in [0.25, 0.3) is 5.56 Å². The van der Waals surface area contributed by atoms with Crippen LogP contribution in [0.25, 0.3) is 11.4 Å². The van der Waals surface area contributed by atoms with E-state index in [4.69, 9.17) is 9.72 Å². The van der Waals surface area contributed by atoms with Crippen molar-refractivity contribution in [2.75, 3.05) is 24.6 Å². The summed E-state index contributed by atoms with van der Waals surface area (Å²) in [5.41, 5.74) is 2.18. The average molecular weight is 349 g/mol. The van der Waals surface area contributed by atoms with E-state index in [9.17, 15) is 4.79 Å². The maximum atomic E-state index is 12.4. The molecule has 0 radical (unpaired) electrons. The molecule has 3 heterocycles. The van der Waals surface area contributed by atoms with Crippen molar-refractivity contribution in [1.29, 1.82) is 0 Å². The van der Waals surface area contributed by atoms with Gasteiger partial charge in [0.05, 0.1) is 24.5 Å². The molecule has 7 nitrogen and oxygen atoms in total. The molecule has 0 spiro atoms. The average Bonchev–Trinajstić information content (AvgIpc) is 2.71. The van der Waals surface area contributed by atoms with Crippen LogP contribution in [-0.4, -0.2) is 39.2 Å². The lowest BCUT2D eigenvalue weighted by atomic mass is 10.1. The molecule has 0 N–H and O–H groups in total. The number of hydrogen-bond donors (Lipinski definition) is 0. The van der Waals surface area contributed by atoms with Gasteiger partial charge in [-0.1, -0.05) is 30.3 Å². The number of hydrogen-bond acceptors (Lipinski definition) is 6. The van der Waals surface area contributed by atoms with Gasteiger partial charge in [-0.25, -0.2) is 15.0 Å². The topological polar surface area (TPSA) is 73.1 Å². The van der Waals surface area contributed by atoms with Crippen molar-refractivity contribution < 1.29 is 4.74 Å².